The first-order valence-electron chi connectivity index (χ1n) is 6.73. The number of carboxylic acid groups (broad SMARTS) is 1. The second-order valence-electron chi connectivity index (χ2n) is 5.57. The maximum atomic E-state index is 12.1. The third-order valence-corrected chi connectivity index (χ3v) is 3.88. The molecule has 0 saturated heterocycles. The number of aromatic amines is 1. The summed E-state index contributed by atoms with van der Waals surface area (Å²) >= 11 is 0. The summed E-state index contributed by atoms with van der Waals surface area (Å²) in [5.41, 5.74) is -1.55. The van der Waals surface area contributed by atoms with Crippen molar-refractivity contribution in [3.8, 4) is 0 Å². The van der Waals surface area contributed by atoms with Crippen LogP contribution in [0.4, 0.5) is 5.69 Å². The van der Waals surface area contributed by atoms with E-state index < -0.39 is 22.3 Å². The Morgan fingerprint density at radius 3 is 2.81 bits per heavy atom. The largest absolute Gasteiger partial charge is 0.480 e. The molecule has 2 rings (SSSR count). The average Bonchev–Trinajstić information content (AvgIpc) is 2.88. The van der Waals surface area contributed by atoms with Gasteiger partial charge in [0.1, 0.15) is 11.2 Å². The highest BCUT2D eigenvalue weighted by Crippen LogP contribution is 2.33. The number of aromatic nitrogens is 1. The summed E-state index contributed by atoms with van der Waals surface area (Å²) in [6.07, 6.45) is 3.47. The number of nitrogens with zero attached hydrogens (tertiary/aromatic N) is 1. The van der Waals surface area contributed by atoms with E-state index >= 15 is 0 Å². The highest BCUT2D eigenvalue weighted by molar-refractivity contribution is 5.97. The Kier molecular flexibility index (Phi) is 3.97. The second kappa shape index (κ2) is 5.55. The smallest absolute Gasteiger partial charge is 0.329 e. The lowest BCUT2D eigenvalue weighted by atomic mass is 9.76. The number of hydrogen-bond donors (Lipinski definition) is 3. The standard InChI is InChI=1S/C13H17N3O5/c1-8-3-2-4-13(6-8,12(18)19)15-11(17)10-5-9(7-14-10)16(20)21/h5,7-8,14H,2-4,6H2,1H3,(H,15,17)(H,18,19). The average molecular weight is 295 g/mol. The quantitative estimate of drug-likeness (QED) is 0.575. The van der Waals surface area contributed by atoms with Gasteiger partial charge in [0.15, 0.2) is 0 Å². The summed E-state index contributed by atoms with van der Waals surface area (Å²) in [6, 6.07) is 1.09. The molecule has 1 aliphatic carbocycles. The molecule has 0 aliphatic heterocycles. The van der Waals surface area contributed by atoms with Gasteiger partial charge in [-0.3, -0.25) is 14.9 Å². The molecule has 0 spiro atoms. The number of carbonyl (C=O) groups excluding carboxylic acids is 1. The first kappa shape index (κ1) is 15.0. The second-order valence-corrected chi connectivity index (χ2v) is 5.57. The van der Waals surface area contributed by atoms with Crippen LogP contribution >= 0.6 is 0 Å². The molecule has 1 heterocycles. The van der Waals surface area contributed by atoms with E-state index in [9.17, 15) is 24.8 Å². The fourth-order valence-corrected chi connectivity index (χ4v) is 2.82. The Morgan fingerprint density at radius 1 is 1.57 bits per heavy atom. The van der Waals surface area contributed by atoms with Crippen LogP contribution < -0.4 is 5.32 Å². The summed E-state index contributed by atoms with van der Waals surface area (Å²) in [5, 5.41) is 22.6. The molecule has 8 heteroatoms. The monoisotopic (exact) mass is 295 g/mol. The van der Waals surface area contributed by atoms with E-state index in [1.54, 1.807) is 0 Å². The maximum absolute atomic E-state index is 12.1. The lowest BCUT2D eigenvalue weighted by Gasteiger charge is -2.36. The number of amides is 1. The van der Waals surface area contributed by atoms with Crippen molar-refractivity contribution in [2.45, 2.75) is 38.1 Å². The zero-order chi connectivity index (χ0) is 15.6. The third kappa shape index (κ3) is 3.04. The minimum absolute atomic E-state index is 0.0134. The molecule has 1 fully saturated rings. The molecule has 1 amide bonds. The van der Waals surface area contributed by atoms with E-state index in [0.717, 1.165) is 25.1 Å². The number of rotatable bonds is 4. The Morgan fingerprint density at radius 2 is 2.29 bits per heavy atom. The van der Waals surface area contributed by atoms with Gasteiger partial charge in [0.25, 0.3) is 11.6 Å². The highest BCUT2D eigenvalue weighted by atomic mass is 16.6. The zero-order valence-corrected chi connectivity index (χ0v) is 11.6. The van der Waals surface area contributed by atoms with Crippen LogP contribution in [0.15, 0.2) is 12.3 Å². The van der Waals surface area contributed by atoms with Crippen LogP contribution in [0.1, 0.15) is 43.1 Å². The third-order valence-electron chi connectivity index (χ3n) is 3.88. The first-order valence-corrected chi connectivity index (χ1v) is 6.73. The molecule has 114 valence electrons. The van der Waals surface area contributed by atoms with Crippen molar-refractivity contribution in [1.82, 2.24) is 10.3 Å². The van der Waals surface area contributed by atoms with E-state index in [0.29, 0.717) is 12.8 Å². The van der Waals surface area contributed by atoms with Gasteiger partial charge in [0, 0.05) is 6.07 Å². The van der Waals surface area contributed by atoms with Gasteiger partial charge in [-0.05, 0) is 18.8 Å². The van der Waals surface area contributed by atoms with Crippen molar-refractivity contribution in [2.24, 2.45) is 5.92 Å². The lowest BCUT2D eigenvalue weighted by Crippen LogP contribution is -2.56. The molecule has 2 atom stereocenters. The fraction of sp³-hybridized carbons (Fsp3) is 0.538. The molecule has 3 N–H and O–H groups in total. The number of aliphatic carboxylic acids is 1. The van der Waals surface area contributed by atoms with Crippen LogP contribution in [-0.4, -0.2) is 32.4 Å². The summed E-state index contributed by atoms with van der Waals surface area (Å²) in [6.45, 7) is 1.95. The lowest BCUT2D eigenvalue weighted by molar-refractivity contribution is -0.384. The molecule has 2 unspecified atom stereocenters. The topological polar surface area (TPSA) is 125 Å². The molecule has 1 aromatic heterocycles. The Labute approximate surface area is 120 Å². The van der Waals surface area contributed by atoms with E-state index in [4.69, 9.17) is 0 Å². The van der Waals surface area contributed by atoms with E-state index in [2.05, 4.69) is 10.3 Å². The van der Waals surface area contributed by atoms with Gasteiger partial charge in [-0.15, -0.1) is 0 Å². The van der Waals surface area contributed by atoms with Crippen LogP contribution in [0.25, 0.3) is 0 Å². The van der Waals surface area contributed by atoms with Crippen molar-refractivity contribution < 1.29 is 19.6 Å². The van der Waals surface area contributed by atoms with Crippen molar-refractivity contribution in [3.63, 3.8) is 0 Å². The first-order chi connectivity index (χ1) is 9.84. The highest BCUT2D eigenvalue weighted by Gasteiger charge is 2.43. The number of nitro groups is 1. The molecular formula is C13H17N3O5. The van der Waals surface area contributed by atoms with Gasteiger partial charge < -0.3 is 15.4 Å². The van der Waals surface area contributed by atoms with E-state index in [1.807, 2.05) is 6.92 Å². The summed E-state index contributed by atoms with van der Waals surface area (Å²) in [4.78, 5) is 36.2. The Balaban J connectivity index is 2.18. The van der Waals surface area contributed by atoms with Gasteiger partial charge in [-0.2, -0.15) is 0 Å². The van der Waals surface area contributed by atoms with Crippen LogP contribution in [0, 0.1) is 16.0 Å². The number of nitrogens with one attached hydrogen (secondary N) is 2. The minimum Gasteiger partial charge on any atom is -0.480 e. The summed E-state index contributed by atoms with van der Waals surface area (Å²) in [7, 11) is 0. The number of carbonyl (C=O) groups is 2. The summed E-state index contributed by atoms with van der Waals surface area (Å²) in [5.74, 6) is -1.50. The molecular weight excluding hydrogens is 278 g/mol. The molecule has 21 heavy (non-hydrogen) atoms. The van der Waals surface area contributed by atoms with Crippen LogP contribution in [0.2, 0.25) is 0 Å². The van der Waals surface area contributed by atoms with Crippen LogP contribution in [0.5, 0.6) is 0 Å². The molecule has 0 radical (unpaired) electrons. The molecule has 0 aromatic carbocycles. The predicted molar refractivity (Wildman–Crippen MR) is 72.9 cm³/mol. The van der Waals surface area contributed by atoms with Crippen molar-refractivity contribution in [3.05, 3.63) is 28.1 Å². The van der Waals surface area contributed by atoms with Crippen molar-refractivity contribution >= 4 is 17.6 Å². The maximum Gasteiger partial charge on any atom is 0.329 e. The van der Waals surface area contributed by atoms with Gasteiger partial charge >= 0.3 is 5.97 Å². The molecule has 8 nitrogen and oxygen atoms in total. The van der Waals surface area contributed by atoms with Gasteiger partial charge in [0.2, 0.25) is 0 Å². The SMILES string of the molecule is CC1CCCC(NC(=O)c2cc([N+](=O)[O-])c[nH]2)(C(=O)O)C1. The number of carboxylic acids is 1. The van der Waals surface area contributed by atoms with Crippen molar-refractivity contribution in [2.75, 3.05) is 0 Å². The number of H-pyrrole nitrogens is 1. The van der Waals surface area contributed by atoms with Gasteiger partial charge in [0.05, 0.1) is 11.1 Å². The van der Waals surface area contributed by atoms with E-state index in [-0.39, 0.29) is 17.3 Å². The molecule has 0 bridgehead atoms. The molecule has 1 aliphatic rings. The van der Waals surface area contributed by atoms with Gasteiger partial charge in [-0.25, -0.2) is 4.79 Å². The Bertz CT molecular complexity index is 582. The molecule has 1 saturated carbocycles. The zero-order valence-electron chi connectivity index (χ0n) is 11.6. The molecule has 1 aromatic rings. The van der Waals surface area contributed by atoms with Crippen LogP contribution in [0.3, 0.4) is 0 Å². The number of hydrogen-bond acceptors (Lipinski definition) is 4. The summed E-state index contributed by atoms with van der Waals surface area (Å²) < 4.78 is 0. The van der Waals surface area contributed by atoms with E-state index in [1.165, 1.54) is 0 Å². The van der Waals surface area contributed by atoms with Gasteiger partial charge in [-0.1, -0.05) is 19.8 Å². The van der Waals surface area contributed by atoms with Crippen LogP contribution in [-0.2, 0) is 4.79 Å². The predicted octanol–water partition coefficient (Wildman–Crippen LogP) is 1.69. The minimum atomic E-state index is -1.30. The normalized spacial score (nSPS) is 25.3. The Hall–Kier alpha value is -2.38. The van der Waals surface area contributed by atoms with Crippen molar-refractivity contribution in [1.29, 1.82) is 0 Å². The fourth-order valence-electron chi connectivity index (χ4n) is 2.82.